The maximum atomic E-state index is 10.6. The van der Waals surface area contributed by atoms with Gasteiger partial charge in [-0.15, -0.1) is 0 Å². The number of benzene rings is 1. The molecule has 0 radical (unpaired) electrons. The standard InChI is InChI=1S/C10H12O3.2C2H6/c1-13-9(10(11)12)7-8-5-3-2-4-6-8;2*1-2/h2-6,9H,7H2,1H3,(H,11,12);2*1-2H3. The molecule has 0 aliphatic carbocycles. The highest BCUT2D eigenvalue weighted by Gasteiger charge is 2.16. The fourth-order valence-corrected chi connectivity index (χ4v) is 1.10. The first kappa shape index (κ1) is 18.0. The van der Waals surface area contributed by atoms with E-state index < -0.39 is 12.1 Å². The monoisotopic (exact) mass is 240 g/mol. The molecule has 0 spiro atoms. The lowest BCUT2D eigenvalue weighted by Gasteiger charge is -2.09. The fraction of sp³-hybridized carbons (Fsp3) is 0.500. The van der Waals surface area contributed by atoms with Gasteiger partial charge >= 0.3 is 5.97 Å². The normalized spacial score (nSPS) is 10.2. The van der Waals surface area contributed by atoms with Crippen LogP contribution in [0.1, 0.15) is 33.3 Å². The summed E-state index contributed by atoms with van der Waals surface area (Å²) in [6.45, 7) is 8.00. The Balaban J connectivity index is 0. The molecule has 0 aliphatic rings. The Bertz CT molecular complexity index is 270. The summed E-state index contributed by atoms with van der Waals surface area (Å²) in [5.41, 5.74) is 0.969. The Labute approximate surface area is 104 Å². The molecule has 3 nitrogen and oxygen atoms in total. The molecule has 1 rings (SSSR count). The van der Waals surface area contributed by atoms with Crippen molar-refractivity contribution in [1.29, 1.82) is 0 Å². The molecule has 0 heterocycles. The van der Waals surface area contributed by atoms with E-state index in [0.29, 0.717) is 6.42 Å². The highest BCUT2D eigenvalue weighted by Crippen LogP contribution is 2.05. The fourth-order valence-electron chi connectivity index (χ4n) is 1.10. The van der Waals surface area contributed by atoms with Gasteiger partial charge in [-0.2, -0.15) is 0 Å². The Morgan fingerprint density at radius 3 is 2.00 bits per heavy atom. The van der Waals surface area contributed by atoms with Crippen LogP contribution >= 0.6 is 0 Å². The number of carbonyl (C=O) groups is 1. The van der Waals surface area contributed by atoms with Crippen LogP contribution in [0.4, 0.5) is 0 Å². The number of rotatable bonds is 4. The van der Waals surface area contributed by atoms with Crippen molar-refractivity contribution >= 4 is 5.97 Å². The zero-order valence-corrected chi connectivity index (χ0v) is 11.4. The third kappa shape index (κ3) is 8.46. The van der Waals surface area contributed by atoms with Crippen molar-refractivity contribution in [2.24, 2.45) is 0 Å². The van der Waals surface area contributed by atoms with Gasteiger partial charge in [-0.05, 0) is 5.56 Å². The molecule has 0 saturated heterocycles. The van der Waals surface area contributed by atoms with Crippen molar-refractivity contribution in [2.45, 2.75) is 40.2 Å². The molecule has 3 heteroatoms. The number of carboxylic acids is 1. The summed E-state index contributed by atoms with van der Waals surface area (Å²) in [7, 11) is 1.40. The van der Waals surface area contributed by atoms with Crippen molar-refractivity contribution in [3.05, 3.63) is 35.9 Å². The quantitative estimate of drug-likeness (QED) is 0.877. The highest BCUT2D eigenvalue weighted by molar-refractivity contribution is 5.72. The van der Waals surface area contributed by atoms with Crippen molar-refractivity contribution in [1.82, 2.24) is 0 Å². The molecule has 0 fully saturated rings. The molecule has 0 bridgehead atoms. The van der Waals surface area contributed by atoms with Crippen LogP contribution in [0, 0.1) is 0 Å². The minimum atomic E-state index is -0.925. The summed E-state index contributed by atoms with van der Waals surface area (Å²) in [6, 6.07) is 9.42. The van der Waals surface area contributed by atoms with E-state index in [1.54, 1.807) is 0 Å². The van der Waals surface area contributed by atoms with Crippen LogP contribution in [0.15, 0.2) is 30.3 Å². The second kappa shape index (κ2) is 12.7. The summed E-state index contributed by atoms with van der Waals surface area (Å²) in [5, 5.41) is 8.71. The van der Waals surface area contributed by atoms with E-state index >= 15 is 0 Å². The summed E-state index contributed by atoms with van der Waals surface area (Å²) >= 11 is 0. The zero-order chi connectivity index (χ0) is 13.7. The molecular weight excluding hydrogens is 216 g/mol. The number of methoxy groups -OCH3 is 1. The second-order valence-electron chi connectivity index (χ2n) is 2.75. The van der Waals surface area contributed by atoms with Crippen molar-refractivity contribution in [2.75, 3.05) is 7.11 Å². The number of hydrogen-bond donors (Lipinski definition) is 1. The van der Waals surface area contributed by atoms with Crippen LogP contribution in [-0.2, 0) is 16.0 Å². The number of carboxylic acid groups (broad SMARTS) is 1. The topological polar surface area (TPSA) is 46.5 Å². The van der Waals surface area contributed by atoms with Crippen LogP contribution in [0.5, 0.6) is 0 Å². The summed E-state index contributed by atoms with van der Waals surface area (Å²) < 4.78 is 4.82. The predicted molar refractivity (Wildman–Crippen MR) is 71.3 cm³/mol. The molecule has 0 amide bonds. The van der Waals surface area contributed by atoms with Gasteiger partial charge in [0.15, 0.2) is 6.10 Å². The third-order valence-electron chi connectivity index (χ3n) is 1.82. The first-order chi connectivity index (χ1) is 8.24. The summed E-state index contributed by atoms with van der Waals surface area (Å²) in [6.07, 6.45) is -0.338. The molecule has 98 valence electrons. The van der Waals surface area contributed by atoms with E-state index in [0.717, 1.165) is 5.56 Å². The van der Waals surface area contributed by atoms with Crippen LogP contribution in [0.2, 0.25) is 0 Å². The summed E-state index contributed by atoms with van der Waals surface area (Å²) in [5.74, 6) is -0.925. The largest absolute Gasteiger partial charge is 0.479 e. The zero-order valence-electron chi connectivity index (χ0n) is 11.4. The van der Waals surface area contributed by atoms with Gasteiger partial charge in [0, 0.05) is 13.5 Å². The molecule has 1 atom stereocenters. The second-order valence-corrected chi connectivity index (χ2v) is 2.75. The molecule has 0 aliphatic heterocycles. The highest BCUT2D eigenvalue weighted by atomic mass is 16.5. The SMILES string of the molecule is CC.CC.COC(Cc1ccccc1)C(=O)O. The Morgan fingerprint density at radius 2 is 1.65 bits per heavy atom. The van der Waals surface area contributed by atoms with Crippen molar-refractivity contribution < 1.29 is 14.6 Å². The Hall–Kier alpha value is -1.35. The molecule has 1 unspecified atom stereocenters. The van der Waals surface area contributed by atoms with E-state index in [-0.39, 0.29) is 0 Å². The lowest BCUT2D eigenvalue weighted by Crippen LogP contribution is -2.24. The lowest BCUT2D eigenvalue weighted by molar-refractivity contribution is -0.148. The average Bonchev–Trinajstić information content (AvgIpc) is 2.41. The van der Waals surface area contributed by atoms with E-state index in [1.807, 2.05) is 58.0 Å². The average molecular weight is 240 g/mol. The predicted octanol–water partition coefficient (Wildman–Crippen LogP) is 3.38. The van der Waals surface area contributed by atoms with Crippen LogP contribution < -0.4 is 0 Å². The van der Waals surface area contributed by atoms with Crippen LogP contribution in [0.3, 0.4) is 0 Å². The van der Waals surface area contributed by atoms with E-state index in [1.165, 1.54) is 7.11 Å². The molecule has 1 aromatic rings. The van der Waals surface area contributed by atoms with Gasteiger partial charge in [0.05, 0.1) is 0 Å². The molecule has 0 aromatic heterocycles. The first-order valence-corrected chi connectivity index (χ1v) is 6.03. The lowest BCUT2D eigenvalue weighted by atomic mass is 10.1. The first-order valence-electron chi connectivity index (χ1n) is 6.03. The molecule has 1 N–H and O–H groups in total. The van der Waals surface area contributed by atoms with Gasteiger partial charge in [0.1, 0.15) is 0 Å². The molecule has 0 saturated carbocycles. The van der Waals surface area contributed by atoms with Gasteiger partial charge in [-0.1, -0.05) is 58.0 Å². The molecule has 1 aromatic carbocycles. The minimum Gasteiger partial charge on any atom is -0.479 e. The molecular formula is C14H24O3. The summed E-state index contributed by atoms with van der Waals surface area (Å²) in [4.78, 5) is 10.6. The third-order valence-corrected chi connectivity index (χ3v) is 1.82. The minimum absolute atomic E-state index is 0.409. The Morgan fingerprint density at radius 1 is 1.18 bits per heavy atom. The number of aliphatic carboxylic acids is 1. The Kier molecular flexibility index (Phi) is 13.5. The number of ether oxygens (including phenoxy) is 1. The van der Waals surface area contributed by atoms with E-state index in [9.17, 15) is 4.79 Å². The molecule has 17 heavy (non-hydrogen) atoms. The van der Waals surface area contributed by atoms with E-state index in [2.05, 4.69) is 0 Å². The van der Waals surface area contributed by atoms with Gasteiger partial charge in [0.2, 0.25) is 0 Å². The maximum Gasteiger partial charge on any atom is 0.333 e. The van der Waals surface area contributed by atoms with Crippen molar-refractivity contribution in [3.63, 3.8) is 0 Å². The van der Waals surface area contributed by atoms with Crippen LogP contribution in [0.25, 0.3) is 0 Å². The van der Waals surface area contributed by atoms with Gasteiger partial charge in [0.25, 0.3) is 0 Å². The van der Waals surface area contributed by atoms with Gasteiger partial charge < -0.3 is 9.84 Å². The maximum absolute atomic E-state index is 10.6. The smallest absolute Gasteiger partial charge is 0.333 e. The van der Waals surface area contributed by atoms with Crippen LogP contribution in [-0.4, -0.2) is 24.3 Å². The van der Waals surface area contributed by atoms with Gasteiger partial charge in [-0.25, -0.2) is 4.79 Å². The van der Waals surface area contributed by atoms with E-state index in [4.69, 9.17) is 9.84 Å². The van der Waals surface area contributed by atoms with Gasteiger partial charge in [-0.3, -0.25) is 0 Å². The number of hydrogen-bond acceptors (Lipinski definition) is 2. The van der Waals surface area contributed by atoms with Crippen molar-refractivity contribution in [3.8, 4) is 0 Å².